The second-order valence-corrected chi connectivity index (χ2v) is 14.1. The lowest BCUT2D eigenvalue weighted by molar-refractivity contribution is -0.116. The number of carbonyl (C=O) groups is 2. The third-order valence-electron chi connectivity index (χ3n) is 10.8. The number of hydrogen-bond donors (Lipinski definition) is 2. The number of aromatic nitrogens is 2. The Kier molecular flexibility index (Phi) is 10.3. The summed E-state index contributed by atoms with van der Waals surface area (Å²) in [7, 11) is 0. The minimum absolute atomic E-state index is 0.0189. The van der Waals surface area contributed by atoms with E-state index < -0.39 is 5.41 Å². The number of nitrogens with one attached hydrogen (secondary N) is 2. The zero-order chi connectivity index (χ0) is 35.2. The van der Waals surface area contributed by atoms with Crippen LogP contribution in [0.2, 0.25) is 0 Å². The number of H-pyrrole nitrogens is 1. The molecule has 2 aliphatic heterocycles. The van der Waals surface area contributed by atoms with Crippen molar-refractivity contribution in [3.63, 3.8) is 0 Å². The standard InChI is InChI=1S/C44H49N5O2/c1-3-16-40(50)46-38-31-34(42(51)49-27-14-7-15-28-49)23-24-39(38)48-29-25-33(26-30-48)41-32(2)45-43(47-41)44(35-17-8-4-9-18-35,36-19-10-5-11-20-36)37-21-12-6-13-22-37/h4-6,8-13,17-24,31,33H,3,7,14-16,25-30H2,1-2H3,(H,45,47)(H,46,50). The summed E-state index contributed by atoms with van der Waals surface area (Å²) in [5, 5.41) is 3.16. The quantitative estimate of drug-likeness (QED) is 0.145. The van der Waals surface area contributed by atoms with Gasteiger partial charge in [-0.1, -0.05) is 97.9 Å². The third kappa shape index (κ3) is 6.94. The van der Waals surface area contributed by atoms with Gasteiger partial charge in [0.05, 0.1) is 17.1 Å². The van der Waals surface area contributed by atoms with E-state index in [1.165, 1.54) is 6.42 Å². The molecule has 5 aromatic rings. The van der Waals surface area contributed by atoms with Crippen molar-refractivity contribution in [3.8, 4) is 0 Å². The van der Waals surface area contributed by atoms with Gasteiger partial charge in [0.25, 0.3) is 5.91 Å². The Morgan fingerprint density at radius 2 is 1.35 bits per heavy atom. The molecule has 2 aliphatic rings. The summed E-state index contributed by atoms with van der Waals surface area (Å²) in [4.78, 5) is 39.9. The van der Waals surface area contributed by atoms with Crippen LogP contribution in [0.3, 0.4) is 0 Å². The molecule has 0 bridgehead atoms. The number of nitrogens with zero attached hydrogens (tertiary/aromatic N) is 3. The maximum atomic E-state index is 13.4. The van der Waals surface area contributed by atoms with Crippen molar-refractivity contribution >= 4 is 23.2 Å². The minimum Gasteiger partial charge on any atom is -0.370 e. The van der Waals surface area contributed by atoms with Crippen LogP contribution in [0.25, 0.3) is 0 Å². The molecule has 51 heavy (non-hydrogen) atoms. The number of benzene rings is 4. The van der Waals surface area contributed by atoms with Crippen molar-refractivity contribution in [2.45, 2.75) is 70.1 Å². The van der Waals surface area contributed by atoms with Crippen molar-refractivity contribution in [1.82, 2.24) is 14.9 Å². The van der Waals surface area contributed by atoms with Crippen LogP contribution in [0.4, 0.5) is 11.4 Å². The molecule has 7 rings (SSSR count). The molecule has 1 aromatic heterocycles. The largest absolute Gasteiger partial charge is 0.370 e. The molecule has 2 amide bonds. The number of carbonyl (C=O) groups excluding carboxylic acids is 2. The Hall–Kier alpha value is -5.17. The van der Waals surface area contributed by atoms with Gasteiger partial charge in [-0.15, -0.1) is 0 Å². The van der Waals surface area contributed by atoms with Gasteiger partial charge in [0.1, 0.15) is 11.2 Å². The summed E-state index contributed by atoms with van der Waals surface area (Å²) in [5.74, 6) is 1.24. The zero-order valence-electron chi connectivity index (χ0n) is 29.9. The molecule has 0 spiro atoms. The number of amides is 2. The van der Waals surface area contributed by atoms with Crippen LogP contribution in [0, 0.1) is 6.92 Å². The summed E-state index contributed by atoms with van der Waals surface area (Å²) in [5.41, 5.74) is 7.44. The number of rotatable bonds is 10. The normalized spacial score (nSPS) is 15.5. The number of hydrogen-bond acceptors (Lipinski definition) is 4. The van der Waals surface area contributed by atoms with Crippen molar-refractivity contribution in [2.75, 3.05) is 36.4 Å². The van der Waals surface area contributed by atoms with Crippen molar-refractivity contribution in [2.24, 2.45) is 0 Å². The van der Waals surface area contributed by atoms with Crippen LogP contribution in [-0.2, 0) is 10.2 Å². The van der Waals surface area contributed by atoms with Crippen LogP contribution in [0.1, 0.15) is 102 Å². The predicted octanol–water partition coefficient (Wildman–Crippen LogP) is 8.85. The number of imidazole rings is 1. The lowest BCUT2D eigenvalue weighted by atomic mass is 9.69. The van der Waals surface area contributed by atoms with Crippen LogP contribution in [0.15, 0.2) is 109 Å². The third-order valence-corrected chi connectivity index (χ3v) is 10.8. The summed E-state index contributed by atoms with van der Waals surface area (Å²) < 4.78 is 0. The summed E-state index contributed by atoms with van der Waals surface area (Å²) in [6.45, 7) is 7.40. The van der Waals surface area contributed by atoms with E-state index in [1.54, 1.807) is 0 Å². The van der Waals surface area contributed by atoms with Crippen LogP contribution >= 0.6 is 0 Å². The molecule has 0 unspecified atom stereocenters. The van der Waals surface area contributed by atoms with E-state index in [9.17, 15) is 9.59 Å². The molecular formula is C44H49N5O2. The highest BCUT2D eigenvalue weighted by molar-refractivity contribution is 6.00. The minimum atomic E-state index is -0.619. The summed E-state index contributed by atoms with van der Waals surface area (Å²) in [6, 6.07) is 38.0. The monoisotopic (exact) mass is 679 g/mol. The van der Waals surface area contributed by atoms with Gasteiger partial charge in [-0.3, -0.25) is 9.59 Å². The van der Waals surface area contributed by atoms with E-state index >= 15 is 0 Å². The van der Waals surface area contributed by atoms with E-state index in [2.05, 4.69) is 113 Å². The molecule has 7 heteroatoms. The molecule has 2 fully saturated rings. The Balaban J connectivity index is 1.18. The molecule has 7 nitrogen and oxygen atoms in total. The first-order valence-electron chi connectivity index (χ1n) is 18.7. The van der Waals surface area contributed by atoms with Crippen LogP contribution in [-0.4, -0.2) is 52.9 Å². The highest BCUT2D eigenvalue weighted by atomic mass is 16.2. The SMILES string of the molecule is CCCC(=O)Nc1cc(C(=O)N2CCCCC2)ccc1N1CCC(c2nc(C(c3ccccc3)(c3ccccc3)c3ccccc3)[nH]c2C)CC1. The molecule has 0 saturated carbocycles. The van der Waals surface area contributed by atoms with Crippen molar-refractivity contribution < 1.29 is 9.59 Å². The van der Waals surface area contributed by atoms with Gasteiger partial charge in [-0.2, -0.15) is 0 Å². The highest BCUT2D eigenvalue weighted by Gasteiger charge is 2.42. The second kappa shape index (κ2) is 15.4. The van der Waals surface area contributed by atoms with Gasteiger partial charge in [0, 0.05) is 49.8 Å². The molecule has 0 radical (unpaired) electrons. The fourth-order valence-corrected chi connectivity index (χ4v) is 8.18. The van der Waals surface area contributed by atoms with Gasteiger partial charge >= 0.3 is 0 Å². The predicted molar refractivity (Wildman–Crippen MR) is 206 cm³/mol. The Bertz CT molecular complexity index is 1830. The van der Waals surface area contributed by atoms with E-state index in [4.69, 9.17) is 4.98 Å². The zero-order valence-corrected chi connectivity index (χ0v) is 29.9. The summed E-state index contributed by atoms with van der Waals surface area (Å²) in [6.07, 6.45) is 6.33. The van der Waals surface area contributed by atoms with E-state index in [-0.39, 0.29) is 17.7 Å². The molecular weight excluding hydrogens is 631 g/mol. The van der Waals surface area contributed by atoms with Gasteiger partial charge in [0.15, 0.2) is 0 Å². The second-order valence-electron chi connectivity index (χ2n) is 14.1. The van der Waals surface area contributed by atoms with Gasteiger partial charge in [-0.05, 0) is 80.3 Å². The number of anilines is 2. The average Bonchev–Trinajstić information content (AvgIpc) is 3.58. The number of aromatic amines is 1. The lowest BCUT2D eigenvalue weighted by Crippen LogP contribution is -2.36. The fourth-order valence-electron chi connectivity index (χ4n) is 8.18. The molecule has 0 atom stereocenters. The van der Waals surface area contributed by atoms with Gasteiger partial charge in [0.2, 0.25) is 5.91 Å². The molecule has 4 aromatic carbocycles. The molecule has 3 heterocycles. The maximum Gasteiger partial charge on any atom is 0.253 e. The Morgan fingerprint density at radius 3 is 1.90 bits per heavy atom. The van der Waals surface area contributed by atoms with Crippen molar-refractivity contribution in [1.29, 1.82) is 0 Å². The van der Waals surface area contributed by atoms with Gasteiger partial charge < -0.3 is 20.1 Å². The van der Waals surface area contributed by atoms with E-state index in [0.717, 1.165) is 104 Å². The summed E-state index contributed by atoms with van der Waals surface area (Å²) >= 11 is 0. The smallest absolute Gasteiger partial charge is 0.253 e. The van der Waals surface area contributed by atoms with Crippen LogP contribution in [0.5, 0.6) is 0 Å². The first-order valence-corrected chi connectivity index (χ1v) is 18.7. The average molecular weight is 680 g/mol. The Morgan fingerprint density at radius 1 is 0.784 bits per heavy atom. The molecule has 262 valence electrons. The first-order chi connectivity index (χ1) is 25.0. The highest BCUT2D eigenvalue weighted by Crippen LogP contribution is 2.45. The van der Waals surface area contributed by atoms with Crippen molar-refractivity contribution in [3.05, 3.63) is 149 Å². The number of piperidine rings is 2. The van der Waals surface area contributed by atoms with E-state index in [1.807, 2.05) is 30.0 Å². The molecule has 2 N–H and O–H groups in total. The Labute approximate surface area is 302 Å². The topological polar surface area (TPSA) is 81.3 Å². The van der Waals surface area contributed by atoms with E-state index in [0.29, 0.717) is 12.0 Å². The number of likely N-dealkylation sites (tertiary alicyclic amines) is 1. The number of aryl methyl sites for hydroxylation is 1. The van der Waals surface area contributed by atoms with Crippen LogP contribution < -0.4 is 10.2 Å². The van der Waals surface area contributed by atoms with Gasteiger partial charge in [-0.25, -0.2) is 4.98 Å². The lowest BCUT2D eigenvalue weighted by Gasteiger charge is -2.35. The molecule has 2 saturated heterocycles. The first kappa shape index (κ1) is 34.3. The molecule has 0 aliphatic carbocycles. The maximum absolute atomic E-state index is 13.4. The fraction of sp³-hybridized carbons (Fsp3) is 0.341.